The van der Waals surface area contributed by atoms with E-state index in [1.165, 1.54) is 10.6 Å². The van der Waals surface area contributed by atoms with Crippen molar-refractivity contribution < 1.29 is 0 Å². The summed E-state index contributed by atoms with van der Waals surface area (Å²) in [5.41, 5.74) is 0.658. The predicted octanol–water partition coefficient (Wildman–Crippen LogP) is 3.08. The lowest BCUT2D eigenvalue weighted by molar-refractivity contribution is 0.756. The zero-order chi connectivity index (χ0) is 13.1. The van der Waals surface area contributed by atoms with E-state index in [1.807, 2.05) is 6.07 Å². The van der Waals surface area contributed by atoms with Crippen LogP contribution in [0.15, 0.2) is 41.3 Å². The number of nitrogens with zero attached hydrogens (tertiary/aromatic N) is 2. The number of pyridine rings is 1. The van der Waals surface area contributed by atoms with E-state index >= 15 is 0 Å². The number of hydrogen-bond acceptors (Lipinski definition) is 2. The molecule has 3 nitrogen and oxygen atoms in total. The Hall–Kier alpha value is -1.76. The first-order valence-electron chi connectivity index (χ1n) is 5.15. The van der Waals surface area contributed by atoms with Crippen LogP contribution >= 0.6 is 23.2 Å². The van der Waals surface area contributed by atoms with Gasteiger partial charge in [0.05, 0.1) is 16.6 Å². The summed E-state index contributed by atoms with van der Waals surface area (Å²) < 4.78 is 1.46. The zero-order valence-corrected chi connectivity index (χ0v) is 10.7. The van der Waals surface area contributed by atoms with E-state index in [9.17, 15) is 4.79 Å². The van der Waals surface area contributed by atoms with Crippen LogP contribution in [0.5, 0.6) is 0 Å². The molecule has 5 heteroatoms. The second-order valence-electron chi connectivity index (χ2n) is 3.72. The predicted molar refractivity (Wildman–Crippen MR) is 71.0 cm³/mol. The topological polar surface area (TPSA) is 45.8 Å². The number of aromatic nitrogens is 1. The minimum absolute atomic E-state index is 0.123. The van der Waals surface area contributed by atoms with E-state index in [0.29, 0.717) is 16.6 Å². The Morgan fingerprint density at radius 2 is 2.00 bits per heavy atom. The number of benzene rings is 1. The maximum Gasteiger partial charge on any atom is 0.268 e. The summed E-state index contributed by atoms with van der Waals surface area (Å²) in [6.07, 6.45) is 1.63. The summed E-state index contributed by atoms with van der Waals surface area (Å²) in [6, 6.07) is 10.2. The third-order valence-electron chi connectivity index (χ3n) is 2.48. The highest BCUT2D eigenvalue weighted by Crippen LogP contribution is 2.22. The van der Waals surface area contributed by atoms with Crippen LogP contribution in [0.2, 0.25) is 10.0 Å². The third-order valence-corrected chi connectivity index (χ3v) is 3.22. The van der Waals surface area contributed by atoms with Crippen molar-refractivity contribution in [1.82, 2.24) is 4.57 Å². The fourth-order valence-electron chi connectivity index (χ4n) is 1.58. The third kappa shape index (κ3) is 2.56. The van der Waals surface area contributed by atoms with Crippen molar-refractivity contribution in [3.8, 4) is 6.07 Å². The fourth-order valence-corrected chi connectivity index (χ4v) is 1.90. The van der Waals surface area contributed by atoms with Gasteiger partial charge < -0.3 is 4.57 Å². The van der Waals surface area contributed by atoms with Gasteiger partial charge in [-0.05, 0) is 29.8 Å². The Labute approximate surface area is 114 Å². The van der Waals surface area contributed by atoms with Crippen molar-refractivity contribution in [2.75, 3.05) is 0 Å². The van der Waals surface area contributed by atoms with Gasteiger partial charge in [0.1, 0.15) is 11.6 Å². The monoisotopic (exact) mass is 278 g/mol. The summed E-state index contributed by atoms with van der Waals surface area (Å²) in [5.74, 6) is 0. The number of rotatable bonds is 2. The second-order valence-corrected chi connectivity index (χ2v) is 4.53. The smallest absolute Gasteiger partial charge is 0.268 e. The Balaban J connectivity index is 2.38. The van der Waals surface area contributed by atoms with Gasteiger partial charge in [-0.1, -0.05) is 29.3 Å². The van der Waals surface area contributed by atoms with Crippen molar-refractivity contribution in [3.63, 3.8) is 0 Å². The first kappa shape index (κ1) is 12.7. The molecular formula is C13H8Cl2N2O. The normalized spacial score (nSPS) is 10.1. The fraction of sp³-hybridized carbons (Fsp3) is 0.0769. The van der Waals surface area contributed by atoms with E-state index in [0.717, 1.165) is 5.56 Å². The molecule has 2 aromatic rings. The van der Waals surface area contributed by atoms with Crippen molar-refractivity contribution >= 4 is 23.2 Å². The Morgan fingerprint density at radius 3 is 2.67 bits per heavy atom. The Kier molecular flexibility index (Phi) is 3.71. The molecule has 0 saturated heterocycles. The molecule has 0 aliphatic heterocycles. The van der Waals surface area contributed by atoms with Crippen LogP contribution in [-0.4, -0.2) is 4.57 Å². The molecule has 0 saturated carbocycles. The maximum absolute atomic E-state index is 11.8. The summed E-state index contributed by atoms with van der Waals surface area (Å²) in [7, 11) is 0. The lowest BCUT2D eigenvalue weighted by atomic mass is 10.2. The molecule has 0 fully saturated rings. The van der Waals surface area contributed by atoms with E-state index in [-0.39, 0.29) is 11.1 Å². The maximum atomic E-state index is 11.8. The lowest BCUT2D eigenvalue weighted by Gasteiger charge is -2.06. The average Bonchev–Trinajstić information content (AvgIpc) is 2.36. The van der Waals surface area contributed by atoms with Gasteiger partial charge in [-0.3, -0.25) is 4.79 Å². The summed E-state index contributed by atoms with van der Waals surface area (Å²) in [4.78, 5) is 11.8. The van der Waals surface area contributed by atoms with E-state index < -0.39 is 0 Å². The van der Waals surface area contributed by atoms with Crippen LogP contribution in [0.3, 0.4) is 0 Å². The van der Waals surface area contributed by atoms with Gasteiger partial charge in [0, 0.05) is 6.20 Å². The summed E-state index contributed by atoms with van der Waals surface area (Å²) in [5, 5.41) is 9.70. The largest absolute Gasteiger partial charge is 0.310 e. The Bertz CT molecular complexity index is 686. The molecule has 0 N–H and O–H groups in total. The lowest BCUT2D eigenvalue weighted by Crippen LogP contribution is -2.22. The van der Waals surface area contributed by atoms with Gasteiger partial charge in [-0.15, -0.1) is 0 Å². The van der Waals surface area contributed by atoms with Crippen LogP contribution in [0.1, 0.15) is 11.1 Å². The number of hydrogen-bond donors (Lipinski definition) is 0. The van der Waals surface area contributed by atoms with Crippen LogP contribution in [0, 0.1) is 11.3 Å². The van der Waals surface area contributed by atoms with Crippen LogP contribution in [0.25, 0.3) is 0 Å². The second kappa shape index (κ2) is 5.26. The average molecular weight is 279 g/mol. The molecule has 0 unspecified atom stereocenters. The molecular weight excluding hydrogens is 271 g/mol. The minimum Gasteiger partial charge on any atom is -0.310 e. The first-order valence-corrected chi connectivity index (χ1v) is 5.91. The first-order chi connectivity index (χ1) is 8.61. The highest BCUT2D eigenvalue weighted by Gasteiger charge is 2.04. The van der Waals surface area contributed by atoms with Gasteiger partial charge in [0.25, 0.3) is 5.56 Å². The van der Waals surface area contributed by atoms with E-state index in [2.05, 4.69) is 0 Å². The molecule has 1 aromatic heterocycles. The number of halogens is 2. The molecule has 90 valence electrons. The van der Waals surface area contributed by atoms with Gasteiger partial charge in [0.15, 0.2) is 0 Å². The standard InChI is InChI=1S/C13H8Cl2N2O/c14-11-4-3-9(6-12(11)15)8-17-5-1-2-10(7-16)13(17)18/h1-6H,8H2. The highest BCUT2D eigenvalue weighted by atomic mass is 35.5. The quantitative estimate of drug-likeness (QED) is 0.848. The summed E-state index contributed by atoms with van der Waals surface area (Å²) in [6.45, 7) is 0.352. The van der Waals surface area contributed by atoms with Crippen molar-refractivity contribution in [2.24, 2.45) is 0 Å². The molecule has 0 atom stereocenters. The molecule has 0 spiro atoms. The SMILES string of the molecule is N#Cc1cccn(Cc2ccc(Cl)c(Cl)c2)c1=O. The summed E-state index contributed by atoms with van der Waals surface area (Å²) >= 11 is 11.7. The molecule has 0 bridgehead atoms. The zero-order valence-electron chi connectivity index (χ0n) is 9.23. The van der Waals surface area contributed by atoms with Crippen LogP contribution in [-0.2, 0) is 6.54 Å². The molecule has 18 heavy (non-hydrogen) atoms. The molecule has 1 aromatic carbocycles. The van der Waals surface area contributed by atoms with Crippen molar-refractivity contribution in [3.05, 3.63) is 68.1 Å². The Morgan fingerprint density at radius 1 is 1.22 bits per heavy atom. The van der Waals surface area contributed by atoms with E-state index in [4.69, 9.17) is 28.5 Å². The van der Waals surface area contributed by atoms with E-state index in [1.54, 1.807) is 30.5 Å². The molecule has 2 rings (SSSR count). The number of nitriles is 1. The van der Waals surface area contributed by atoms with Crippen molar-refractivity contribution in [2.45, 2.75) is 6.54 Å². The minimum atomic E-state index is -0.314. The molecule has 1 heterocycles. The molecule has 0 aliphatic carbocycles. The van der Waals surface area contributed by atoms with Gasteiger partial charge in [0.2, 0.25) is 0 Å². The van der Waals surface area contributed by atoms with Crippen LogP contribution < -0.4 is 5.56 Å². The van der Waals surface area contributed by atoms with Crippen molar-refractivity contribution in [1.29, 1.82) is 5.26 Å². The molecule has 0 amide bonds. The van der Waals surface area contributed by atoms with Gasteiger partial charge in [-0.25, -0.2) is 0 Å². The highest BCUT2D eigenvalue weighted by molar-refractivity contribution is 6.42. The van der Waals surface area contributed by atoms with Crippen LogP contribution in [0.4, 0.5) is 0 Å². The van der Waals surface area contributed by atoms with Gasteiger partial charge in [-0.2, -0.15) is 5.26 Å². The molecule has 0 radical (unpaired) electrons. The van der Waals surface area contributed by atoms with Gasteiger partial charge >= 0.3 is 0 Å². The molecule has 0 aliphatic rings.